The summed E-state index contributed by atoms with van der Waals surface area (Å²) in [6.07, 6.45) is 0. The monoisotopic (exact) mass is 290 g/mol. The van der Waals surface area contributed by atoms with Crippen LogP contribution in [0.4, 0.5) is 10.3 Å². The highest BCUT2D eigenvalue weighted by Crippen LogP contribution is 2.31. The Bertz CT molecular complexity index is 870. The molecule has 1 aromatic heterocycles. The number of hydrogen-bond donors (Lipinski definition) is 1. The summed E-state index contributed by atoms with van der Waals surface area (Å²) in [7, 11) is 0. The van der Waals surface area contributed by atoms with E-state index in [0.717, 1.165) is 5.56 Å². The van der Waals surface area contributed by atoms with Crippen molar-refractivity contribution in [3.63, 3.8) is 0 Å². The Balaban J connectivity index is 2.32. The summed E-state index contributed by atoms with van der Waals surface area (Å²) in [4.78, 5) is 8.22. The molecule has 0 saturated heterocycles. The molecule has 0 saturated carbocycles. The number of hydrogen-bond acceptors (Lipinski definition) is 4. The summed E-state index contributed by atoms with van der Waals surface area (Å²) in [5.41, 5.74) is 7.51. The van der Waals surface area contributed by atoms with E-state index < -0.39 is 5.82 Å². The van der Waals surface area contributed by atoms with Crippen LogP contribution in [0.5, 0.6) is 0 Å². The van der Waals surface area contributed by atoms with Crippen LogP contribution in [0.25, 0.3) is 22.5 Å². The number of rotatable bonds is 2. The van der Waals surface area contributed by atoms with Gasteiger partial charge in [-0.2, -0.15) is 5.26 Å². The lowest BCUT2D eigenvalue weighted by molar-refractivity contribution is 0.630. The third-order valence-electron chi connectivity index (χ3n) is 3.21. The molecule has 5 heteroatoms. The Hall–Kier alpha value is -3.26. The number of benzene rings is 2. The van der Waals surface area contributed by atoms with Crippen LogP contribution < -0.4 is 5.73 Å². The highest BCUT2D eigenvalue weighted by atomic mass is 19.1. The topological polar surface area (TPSA) is 75.6 Å². The van der Waals surface area contributed by atoms with Gasteiger partial charge in [0.1, 0.15) is 17.4 Å². The second-order valence-corrected chi connectivity index (χ2v) is 4.61. The molecule has 3 rings (SSSR count). The van der Waals surface area contributed by atoms with Gasteiger partial charge in [0, 0.05) is 11.1 Å². The first-order valence-corrected chi connectivity index (χ1v) is 6.58. The molecule has 4 nitrogen and oxygen atoms in total. The quantitative estimate of drug-likeness (QED) is 0.784. The maximum atomic E-state index is 14.0. The number of halogens is 1. The minimum atomic E-state index is -0.462. The molecule has 2 N–H and O–H groups in total. The maximum Gasteiger partial charge on any atom is 0.221 e. The average Bonchev–Trinajstić information content (AvgIpc) is 2.55. The number of nitrogens with two attached hydrogens (primary N) is 1. The molecule has 0 spiro atoms. The van der Waals surface area contributed by atoms with E-state index in [4.69, 9.17) is 5.73 Å². The lowest BCUT2D eigenvalue weighted by Gasteiger charge is -2.10. The van der Waals surface area contributed by atoms with E-state index in [2.05, 4.69) is 16.0 Å². The first kappa shape index (κ1) is 13.7. The molecule has 106 valence electrons. The second-order valence-electron chi connectivity index (χ2n) is 4.61. The molecular weight excluding hydrogens is 279 g/mol. The molecular formula is C17H11FN4. The summed E-state index contributed by atoms with van der Waals surface area (Å²) >= 11 is 0. The van der Waals surface area contributed by atoms with Crippen LogP contribution in [-0.2, 0) is 0 Å². The van der Waals surface area contributed by atoms with Crippen molar-refractivity contribution in [3.8, 4) is 28.6 Å². The zero-order valence-electron chi connectivity index (χ0n) is 11.5. The summed E-state index contributed by atoms with van der Waals surface area (Å²) < 4.78 is 14.0. The van der Waals surface area contributed by atoms with Crippen molar-refractivity contribution in [2.45, 2.75) is 0 Å². The number of nitrogen functional groups attached to an aromatic ring is 1. The van der Waals surface area contributed by atoms with E-state index in [0.29, 0.717) is 5.69 Å². The van der Waals surface area contributed by atoms with Gasteiger partial charge in [0.25, 0.3) is 0 Å². The minimum absolute atomic E-state index is 0.00361. The highest BCUT2D eigenvalue weighted by molar-refractivity contribution is 5.78. The van der Waals surface area contributed by atoms with Crippen molar-refractivity contribution >= 4 is 5.95 Å². The Morgan fingerprint density at radius 2 is 1.55 bits per heavy atom. The lowest BCUT2D eigenvalue weighted by atomic mass is 10.0. The van der Waals surface area contributed by atoms with E-state index in [1.54, 1.807) is 18.2 Å². The predicted molar refractivity (Wildman–Crippen MR) is 82.0 cm³/mol. The largest absolute Gasteiger partial charge is 0.368 e. The normalized spacial score (nSPS) is 10.2. The number of aromatic nitrogens is 2. The average molecular weight is 290 g/mol. The van der Waals surface area contributed by atoms with Crippen LogP contribution in [0.2, 0.25) is 0 Å². The fourth-order valence-corrected chi connectivity index (χ4v) is 2.24. The molecule has 0 amide bonds. The van der Waals surface area contributed by atoms with Crippen LogP contribution in [0.3, 0.4) is 0 Å². The van der Waals surface area contributed by atoms with E-state index >= 15 is 0 Å². The van der Waals surface area contributed by atoms with Crippen LogP contribution >= 0.6 is 0 Å². The Labute approximate surface area is 126 Å². The summed E-state index contributed by atoms with van der Waals surface area (Å²) in [6.45, 7) is 0. The maximum absolute atomic E-state index is 14.0. The Kier molecular flexibility index (Phi) is 3.50. The molecule has 0 atom stereocenters. The van der Waals surface area contributed by atoms with Crippen LogP contribution in [0.15, 0.2) is 54.6 Å². The van der Waals surface area contributed by atoms with Crippen molar-refractivity contribution in [1.82, 2.24) is 9.97 Å². The van der Waals surface area contributed by atoms with Gasteiger partial charge in [-0.25, -0.2) is 14.4 Å². The summed E-state index contributed by atoms with van der Waals surface area (Å²) in [5, 5.41) is 9.51. The van der Waals surface area contributed by atoms with Gasteiger partial charge in [-0.15, -0.1) is 0 Å². The molecule has 0 aliphatic carbocycles. The van der Waals surface area contributed by atoms with E-state index in [1.165, 1.54) is 6.07 Å². The molecule has 0 bridgehead atoms. The van der Waals surface area contributed by atoms with Crippen molar-refractivity contribution in [2.24, 2.45) is 0 Å². The van der Waals surface area contributed by atoms with Gasteiger partial charge in [-0.1, -0.05) is 42.5 Å². The van der Waals surface area contributed by atoms with Crippen LogP contribution in [-0.4, -0.2) is 9.97 Å². The number of anilines is 1. The van der Waals surface area contributed by atoms with Crippen LogP contribution in [0.1, 0.15) is 5.56 Å². The highest BCUT2D eigenvalue weighted by Gasteiger charge is 2.18. The van der Waals surface area contributed by atoms with Gasteiger partial charge in [0.05, 0.1) is 11.4 Å². The molecule has 0 fully saturated rings. The fourth-order valence-electron chi connectivity index (χ4n) is 2.24. The Morgan fingerprint density at radius 3 is 2.23 bits per heavy atom. The first-order valence-electron chi connectivity index (χ1n) is 6.58. The van der Waals surface area contributed by atoms with Crippen LogP contribution in [0, 0.1) is 17.1 Å². The smallest absolute Gasteiger partial charge is 0.221 e. The van der Waals surface area contributed by atoms with E-state index in [-0.39, 0.29) is 22.8 Å². The molecule has 0 radical (unpaired) electrons. The Morgan fingerprint density at radius 1 is 0.909 bits per heavy atom. The minimum Gasteiger partial charge on any atom is -0.368 e. The number of nitrogens with zero attached hydrogens (tertiary/aromatic N) is 3. The van der Waals surface area contributed by atoms with Gasteiger partial charge >= 0.3 is 0 Å². The third-order valence-corrected chi connectivity index (χ3v) is 3.21. The molecule has 0 aliphatic heterocycles. The predicted octanol–water partition coefficient (Wildman–Crippen LogP) is 3.40. The zero-order chi connectivity index (χ0) is 15.5. The van der Waals surface area contributed by atoms with Crippen molar-refractivity contribution in [1.29, 1.82) is 5.26 Å². The summed E-state index contributed by atoms with van der Waals surface area (Å²) in [6, 6.07) is 17.4. The molecule has 22 heavy (non-hydrogen) atoms. The number of nitriles is 1. The fraction of sp³-hybridized carbons (Fsp3) is 0. The van der Waals surface area contributed by atoms with Gasteiger partial charge < -0.3 is 5.73 Å². The lowest BCUT2D eigenvalue weighted by Crippen LogP contribution is -2.03. The van der Waals surface area contributed by atoms with E-state index in [9.17, 15) is 9.65 Å². The SMILES string of the molecule is N#Cc1c(-c2ccccc2)nc(N)nc1-c1ccccc1F. The first-order chi connectivity index (χ1) is 10.7. The summed E-state index contributed by atoms with van der Waals surface area (Å²) in [5.74, 6) is -0.466. The van der Waals surface area contributed by atoms with Crippen molar-refractivity contribution in [3.05, 3.63) is 66.0 Å². The van der Waals surface area contributed by atoms with E-state index in [1.807, 2.05) is 30.3 Å². The molecule has 2 aromatic carbocycles. The molecule has 3 aromatic rings. The van der Waals surface area contributed by atoms with Gasteiger partial charge in [-0.3, -0.25) is 0 Å². The third kappa shape index (κ3) is 2.38. The van der Waals surface area contributed by atoms with Gasteiger partial charge in [0.15, 0.2) is 0 Å². The zero-order valence-corrected chi connectivity index (χ0v) is 11.5. The van der Waals surface area contributed by atoms with Crippen molar-refractivity contribution in [2.75, 3.05) is 5.73 Å². The van der Waals surface area contributed by atoms with Crippen molar-refractivity contribution < 1.29 is 4.39 Å². The molecule has 1 heterocycles. The van der Waals surface area contributed by atoms with Gasteiger partial charge in [-0.05, 0) is 12.1 Å². The standard InChI is InChI=1S/C17H11FN4/c18-14-9-5-4-8-12(14)16-13(10-19)15(21-17(20)22-16)11-6-2-1-3-7-11/h1-9H,(H2,20,21,22). The van der Waals surface area contributed by atoms with Gasteiger partial charge in [0.2, 0.25) is 5.95 Å². The molecule has 0 aliphatic rings. The molecule has 0 unspecified atom stereocenters. The second kappa shape index (κ2) is 5.62.